The molecule has 0 radical (unpaired) electrons. The summed E-state index contributed by atoms with van der Waals surface area (Å²) in [6.45, 7) is 6.47. The van der Waals surface area contributed by atoms with Gasteiger partial charge in [-0.25, -0.2) is 17.6 Å². The molecule has 1 aromatic carbocycles. The highest BCUT2D eigenvalue weighted by molar-refractivity contribution is 7.91. The maximum Gasteiger partial charge on any atom is 0.427 e. The van der Waals surface area contributed by atoms with Crippen molar-refractivity contribution >= 4 is 44.6 Å². The van der Waals surface area contributed by atoms with E-state index in [1.165, 1.54) is 26.2 Å². The maximum atomic E-state index is 15.3. The fourth-order valence-corrected chi connectivity index (χ4v) is 9.85. The first-order valence-corrected chi connectivity index (χ1v) is 22.4. The number of rotatable bonds is 8. The van der Waals surface area contributed by atoms with Crippen LogP contribution in [0.5, 0.6) is 17.5 Å². The number of ether oxygens (including phenoxy) is 4. The second kappa shape index (κ2) is 16.3. The lowest BCUT2D eigenvalue weighted by Gasteiger charge is -2.34. The predicted octanol–water partition coefficient (Wildman–Crippen LogP) is 5.38. The van der Waals surface area contributed by atoms with Crippen LogP contribution in [0.4, 0.5) is 22.4 Å². The monoisotopic (exact) mass is 895 g/mol. The van der Waals surface area contributed by atoms with Crippen LogP contribution in [0.25, 0.3) is 10.8 Å². The molecule has 0 spiro atoms. The normalized spacial score (nSPS) is 29.3. The van der Waals surface area contributed by atoms with Crippen LogP contribution in [-0.4, -0.2) is 103 Å². The van der Waals surface area contributed by atoms with E-state index in [0.717, 1.165) is 4.90 Å². The number of sulfonamides is 1. The van der Waals surface area contributed by atoms with Gasteiger partial charge < -0.3 is 34.5 Å². The molecule has 3 N–H and O–H groups in total. The Balaban J connectivity index is 1.26. The molecule has 3 fully saturated rings. The fourth-order valence-electron chi connectivity index (χ4n) is 8.54. The summed E-state index contributed by atoms with van der Waals surface area (Å²) >= 11 is 0. The molecule has 340 valence electrons. The van der Waals surface area contributed by atoms with Gasteiger partial charge in [-0.3, -0.25) is 19.1 Å². The van der Waals surface area contributed by atoms with E-state index in [2.05, 4.69) is 20.3 Å². The summed E-state index contributed by atoms with van der Waals surface area (Å²) in [7, 11) is -2.79. The van der Waals surface area contributed by atoms with Crippen LogP contribution < -0.4 is 29.6 Å². The van der Waals surface area contributed by atoms with Gasteiger partial charge in [-0.1, -0.05) is 26.0 Å². The van der Waals surface area contributed by atoms with Crippen LogP contribution >= 0.6 is 0 Å². The van der Waals surface area contributed by atoms with Crippen molar-refractivity contribution in [3.8, 4) is 17.5 Å². The molecule has 7 rings (SSSR count). The van der Waals surface area contributed by atoms with Crippen molar-refractivity contribution in [1.29, 1.82) is 0 Å². The van der Waals surface area contributed by atoms with Crippen molar-refractivity contribution in [3.05, 3.63) is 35.7 Å². The van der Waals surface area contributed by atoms with Gasteiger partial charge in [0.1, 0.15) is 23.7 Å². The van der Waals surface area contributed by atoms with Crippen molar-refractivity contribution < 1.29 is 64.1 Å². The van der Waals surface area contributed by atoms with Crippen molar-refractivity contribution in [2.24, 2.45) is 17.8 Å². The summed E-state index contributed by atoms with van der Waals surface area (Å²) in [6, 6.07) is -0.210. The zero-order valence-electron chi connectivity index (χ0n) is 35.4. The van der Waals surface area contributed by atoms with Crippen LogP contribution in [-0.2, 0) is 35.6 Å². The highest BCUT2D eigenvalue weighted by atomic mass is 32.2. The first kappa shape index (κ1) is 45.2. The van der Waals surface area contributed by atoms with Gasteiger partial charge in [0.15, 0.2) is 11.6 Å². The number of halogens is 4. The SMILES string of the molecule is COc1cc2c3c(nc(O[C@@H]4C[C@H]5C(=O)N[C@]6(C(=O)NS(=O)(=O)C7(C)CC7)C[C@H]6/C=C\CC[C@@H](C)C[C@@H](C)C(NC(=O)OC(C)(C)C(F)(F)F)C(=O)N5C4)c2cc1F)OCCC3. The first-order valence-electron chi connectivity index (χ1n) is 20.9. The predicted molar refractivity (Wildman–Crippen MR) is 215 cm³/mol. The summed E-state index contributed by atoms with van der Waals surface area (Å²) in [5.41, 5.74) is -3.92. The average Bonchev–Trinajstić information content (AvgIpc) is 4.07. The van der Waals surface area contributed by atoms with Crippen LogP contribution in [0.15, 0.2) is 24.3 Å². The average molecular weight is 896 g/mol. The number of fused-ring (bicyclic) bond motifs is 5. The molecular weight excluding hydrogens is 843 g/mol. The van der Waals surface area contributed by atoms with E-state index >= 15 is 4.39 Å². The van der Waals surface area contributed by atoms with Gasteiger partial charge in [-0.15, -0.1) is 0 Å². The van der Waals surface area contributed by atoms with Crippen LogP contribution in [0.1, 0.15) is 91.5 Å². The number of amides is 4. The van der Waals surface area contributed by atoms with Gasteiger partial charge >= 0.3 is 12.3 Å². The second-order valence-electron chi connectivity index (χ2n) is 18.2. The highest BCUT2D eigenvalue weighted by Gasteiger charge is 2.63. The van der Waals surface area contributed by atoms with Crippen molar-refractivity contribution in [2.75, 3.05) is 20.3 Å². The molecule has 4 heterocycles. The number of nitrogens with one attached hydrogen (secondary N) is 3. The second-order valence-corrected chi connectivity index (χ2v) is 20.4. The molecule has 20 heteroatoms. The number of aryl methyl sites for hydroxylation is 1. The van der Waals surface area contributed by atoms with Crippen molar-refractivity contribution in [1.82, 2.24) is 25.2 Å². The molecule has 1 aromatic heterocycles. The molecule has 7 atom stereocenters. The number of carbonyl (C=O) groups excluding carboxylic acids is 4. The maximum absolute atomic E-state index is 15.3. The Morgan fingerprint density at radius 2 is 1.82 bits per heavy atom. The lowest BCUT2D eigenvalue weighted by atomic mass is 9.88. The number of pyridine rings is 1. The van der Waals surface area contributed by atoms with Gasteiger partial charge in [0.25, 0.3) is 5.91 Å². The number of nitrogens with zero attached hydrogens (tertiary/aromatic N) is 2. The minimum atomic E-state index is -4.95. The smallest absolute Gasteiger partial charge is 0.427 e. The Morgan fingerprint density at radius 3 is 2.50 bits per heavy atom. The number of benzene rings is 1. The molecule has 1 unspecified atom stereocenters. The van der Waals surface area contributed by atoms with Crippen molar-refractivity contribution in [3.63, 3.8) is 0 Å². The van der Waals surface area contributed by atoms with Crippen LogP contribution in [0.2, 0.25) is 0 Å². The topological polar surface area (TPSA) is 192 Å². The quantitative estimate of drug-likeness (QED) is 0.228. The van der Waals surface area contributed by atoms with Crippen LogP contribution in [0, 0.1) is 23.6 Å². The number of methoxy groups -OCH3 is 1. The number of alkyl halides is 3. The number of allylic oxidation sites excluding steroid dienone is 1. The third kappa shape index (κ3) is 8.71. The van der Waals surface area contributed by atoms with E-state index in [-0.39, 0.29) is 48.2 Å². The van der Waals surface area contributed by atoms with E-state index in [1.54, 1.807) is 13.0 Å². The van der Waals surface area contributed by atoms with Gasteiger partial charge in [0.05, 0.1) is 25.0 Å². The third-order valence-electron chi connectivity index (χ3n) is 12.9. The first-order chi connectivity index (χ1) is 29.0. The standard InChI is InChI=1S/C42H53F4N5O10S/c1-22-10-7-8-11-24-20-41(24,37(54)50-62(56,57)40(5)13-14-40)49-33(52)30-17-25(21-51(30)36(53)32(23(2)16-22)47-38(55)61-39(3,4)42(44,45)46)60-35-28-18-29(43)31(58-6)19-27(28)26-12-9-15-59-34(26)48-35/h8,11,18-19,22-25,30,32H,7,9-10,12-17,20-21H2,1-6H3,(H,47,55)(H,49,52)(H,50,54)/b11-8-/t22-,23-,24-,25-,30+,32?,41-/m1/s1. The van der Waals surface area contributed by atoms with Gasteiger partial charge in [-0.2, -0.15) is 18.2 Å². The minimum absolute atomic E-state index is 0.0270. The van der Waals surface area contributed by atoms with Crippen molar-refractivity contribution in [2.45, 2.75) is 133 Å². The summed E-state index contributed by atoms with van der Waals surface area (Å²) in [4.78, 5) is 62.4. The molecule has 4 amide bonds. The zero-order valence-corrected chi connectivity index (χ0v) is 36.3. The molecule has 2 aliphatic carbocycles. The fraction of sp³-hybridized carbons (Fsp3) is 0.643. The molecule has 62 heavy (non-hydrogen) atoms. The van der Waals surface area contributed by atoms with E-state index in [1.807, 2.05) is 13.0 Å². The Morgan fingerprint density at radius 1 is 1.10 bits per heavy atom. The lowest BCUT2D eigenvalue weighted by molar-refractivity contribution is -0.244. The molecule has 15 nitrogen and oxygen atoms in total. The molecule has 2 saturated carbocycles. The van der Waals surface area contributed by atoms with Crippen LogP contribution in [0.3, 0.4) is 0 Å². The van der Waals surface area contributed by atoms with E-state index in [4.69, 9.17) is 18.9 Å². The number of hydrogen-bond acceptors (Lipinski definition) is 11. The Bertz CT molecular complexity index is 2290. The number of carbonyl (C=O) groups is 4. The molecule has 2 aromatic rings. The van der Waals surface area contributed by atoms with E-state index in [9.17, 15) is 40.8 Å². The summed E-state index contributed by atoms with van der Waals surface area (Å²) in [5, 5.41) is 5.94. The molecule has 1 saturated heterocycles. The Hall–Kier alpha value is -4.88. The van der Waals surface area contributed by atoms with Gasteiger partial charge in [0, 0.05) is 23.3 Å². The number of hydrogen-bond donors (Lipinski definition) is 3. The van der Waals surface area contributed by atoms with E-state index < -0.39 is 91.7 Å². The number of aromatic nitrogens is 1. The number of alkyl carbamates (subject to hydrolysis) is 1. The largest absolute Gasteiger partial charge is 0.494 e. The Labute approximate surface area is 357 Å². The summed E-state index contributed by atoms with van der Waals surface area (Å²) < 4.78 is 107. The minimum Gasteiger partial charge on any atom is -0.494 e. The molecule has 3 aliphatic heterocycles. The summed E-state index contributed by atoms with van der Waals surface area (Å²) in [5.74, 6) is -4.54. The third-order valence-corrected chi connectivity index (χ3v) is 15.1. The molecule has 0 bridgehead atoms. The van der Waals surface area contributed by atoms with Gasteiger partial charge in [0.2, 0.25) is 39.2 Å². The van der Waals surface area contributed by atoms with Gasteiger partial charge in [-0.05, 0) is 101 Å². The molecular formula is C42H53F4N5O10S. The summed E-state index contributed by atoms with van der Waals surface area (Å²) in [6.07, 6.45) is -0.680. The molecule has 5 aliphatic rings. The van der Waals surface area contributed by atoms with E-state index in [0.29, 0.717) is 76.3 Å². The highest BCUT2D eigenvalue weighted by Crippen LogP contribution is 2.48. The Kier molecular flexibility index (Phi) is 11.9. The lowest BCUT2D eigenvalue weighted by Crippen LogP contribution is -2.59. The zero-order chi connectivity index (χ0) is 45.2.